The monoisotopic (exact) mass is 170 g/mol. The predicted octanol–water partition coefficient (Wildman–Crippen LogP) is 0.366. The van der Waals surface area contributed by atoms with E-state index in [-0.39, 0.29) is 11.9 Å². The molecule has 70 valence electrons. The first-order chi connectivity index (χ1) is 5.65. The first-order valence-corrected chi connectivity index (χ1v) is 4.60. The lowest BCUT2D eigenvalue weighted by atomic mass is 10.3. The zero-order valence-corrected chi connectivity index (χ0v) is 8.05. The normalized spacial score (nSPS) is 29.6. The molecule has 0 aromatic rings. The van der Waals surface area contributed by atoms with Crippen molar-refractivity contribution in [3.05, 3.63) is 0 Å². The Morgan fingerprint density at radius 1 is 1.67 bits per heavy atom. The molecule has 1 aliphatic rings. The summed E-state index contributed by atoms with van der Waals surface area (Å²) in [5.74, 6) is 1.73. The highest BCUT2D eigenvalue weighted by atomic mass is 16.2. The standard InChI is InChI=1S/C9H18N2O/c1-6-4-8(6)5-11-7(2)9(12)10-3/h6-8,11H,4-5H2,1-3H3,(H,10,12). The van der Waals surface area contributed by atoms with E-state index in [9.17, 15) is 4.79 Å². The quantitative estimate of drug-likeness (QED) is 0.640. The SMILES string of the molecule is CNC(=O)C(C)NCC1CC1C. The van der Waals surface area contributed by atoms with Crippen LogP contribution in [0.4, 0.5) is 0 Å². The van der Waals surface area contributed by atoms with Crippen molar-refractivity contribution in [1.82, 2.24) is 10.6 Å². The molecule has 3 unspecified atom stereocenters. The number of carbonyl (C=O) groups is 1. The second-order valence-corrected chi connectivity index (χ2v) is 3.72. The molecule has 12 heavy (non-hydrogen) atoms. The Kier molecular flexibility index (Phi) is 3.09. The fraction of sp³-hybridized carbons (Fsp3) is 0.889. The molecule has 1 rings (SSSR count). The molecule has 0 aliphatic heterocycles. The average Bonchev–Trinajstić information content (AvgIpc) is 2.76. The van der Waals surface area contributed by atoms with Crippen molar-refractivity contribution in [2.75, 3.05) is 13.6 Å². The number of nitrogens with one attached hydrogen (secondary N) is 2. The molecule has 1 amide bonds. The van der Waals surface area contributed by atoms with Gasteiger partial charge < -0.3 is 10.6 Å². The second-order valence-electron chi connectivity index (χ2n) is 3.72. The Morgan fingerprint density at radius 3 is 2.67 bits per heavy atom. The van der Waals surface area contributed by atoms with Gasteiger partial charge in [-0.1, -0.05) is 6.92 Å². The summed E-state index contributed by atoms with van der Waals surface area (Å²) in [7, 11) is 1.67. The van der Waals surface area contributed by atoms with Crippen LogP contribution in [0.1, 0.15) is 20.3 Å². The molecule has 0 radical (unpaired) electrons. The van der Waals surface area contributed by atoms with Crippen molar-refractivity contribution in [3.8, 4) is 0 Å². The first-order valence-electron chi connectivity index (χ1n) is 4.60. The molecule has 3 nitrogen and oxygen atoms in total. The minimum atomic E-state index is -0.0530. The zero-order valence-electron chi connectivity index (χ0n) is 8.05. The summed E-state index contributed by atoms with van der Waals surface area (Å²) < 4.78 is 0. The Bertz CT molecular complexity index is 170. The Balaban J connectivity index is 2.10. The molecule has 0 spiro atoms. The predicted molar refractivity (Wildman–Crippen MR) is 48.8 cm³/mol. The molecule has 0 saturated heterocycles. The van der Waals surface area contributed by atoms with Crippen LogP contribution in [0.25, 0.3) is 0 Å². The van der Waals surface area contributed by atoms with Crippen LogP contribution in [0.3, 0.4) is 0 Å². The van der Waals surface area contributed by atoms with Gasteiger partial charge in [0.1, 0.15) is 0 Å². The van der Waals surface area contributed by atoms with Crippen LogP contribution in [-0.2, 0) is 4.79 Å². The van der Waals surface area contributed by atoms with E-state index in [2.05, 4.69) is 17.6 Å². The van der Waals surface area contributed by atoms with E-state index in [4.69, 9.17) is 0 Å². The lowest BCUT2D eigenvalue weighted by molar-refractivity contribution is -0.122. The van der Waals surface area contributed by atoms with Crippen LogP contribution < -0.4 is 10.6 Å². The topological polar surface area (TPSA) is 41.1 Å². The van der Waals surface area contributed by atoms with E-state index in [0.717, 1.165) is 18.4 Å². The molecule has 1 aliphatic carbocycles. The van der Waals surface area contributed by atoms with E-state index in [1.807, 2.05) is 6.92 Å². The first kappa shape index (κ1) is 9.52. The van der Waals surface area contributed by atoms with Gasteiger partial charge in [0, 0.05) is 7.05 Å². The summed E-state index contributed by atoms with van der Waals surface area (Å²) in [6, 6.07) is -0.0530. The fourth-order valence-electron chi connectivity index (χ4n) is 1.32. The minimum Gasteiger partial charge on any atom is -0.358 e. The molecule has 0 bridgehead atoms. The second kappa shape index (κ2) is 3.90. The molecule has 0 aromatic carbocycles. The minimum absolute atomic E-state index is 0.0530. The van der Waals surface area contributed by atoms with Gasteiger partial charge in [0.05, 0.1) is 6.04 Å². The lowest BCUT2D eigenvalue weighted by Gasteiger charge is -2.11. The van der Waals surface area contributed by atoms with Crippen molar-refractivity contribution in [1.29, 1.82) is 0 Å². The highest BCUT2D eigenvalue weighted by Gasteiger charge is 2.32. The molecule has 0 aromatic heterocycles. The maximum Gasteiger partial charge on any atom is 0.236 e. The van der Waals surface area contributed by atoms with Crippen molar-refractivity contribution in [2.24, 2.45) is 11.8 Å². The summed E-state index contributed by atoms with van der Waals surface area (Å²) >= 11 is 0. The van der Waals surface area contributed by atoms with Crippen molar-refractivity contribution >= 4 is 5.91 Å². The van der Waals surface area contributed by atoms with Gasteiger partial charge in [0.15, 0.2) is 0 Å². The van der Waals surface area contributed by atoms with Gasteiger partial charge in [-0.25, -0.2) is 0 Å². The molecular weight excluding hydrogens is 152 g/mol. The van der Waals surface area contributed by atoms with Crippen LogP contribution in [-0.4, -0.2) is 25.5 Å². The Labute approximate surface area is 73.9 Å². The molecule has 0 heterocycles. The highest BCUT2D eigenvalue weighted by Crippen LogP contribution is 2.36. The van der Waals surface area contributed by atoms with Crippen molar-refractivity contribution in [2.45, 2.75) is 26.3 Å². The number of amides is 1. The summed E-state index contributed by atoms with van der Waals surface area (Å²) in [5.41, 5.74) is 0. The Morgan fingerprint density at radius 2 is 2.25 bits per heavy atom. The Hall–Kier alpha value is -0.570. The van der Waals surface area contributed by atoms with E-state index >= 15 is 0 Å². The number of carbonyl (C=O) groups excluding carboxylic acids is 1. The van der Waals surface area contributed by atoms with Gasteiger partial charge in [0.2, 0.25) is 5.91 Å². The van der Waals surface area contributed by atoms with Crippen molar-refractivity contribution < 1.29 is 4.79 Å². The number of hydrogen-bond acceptors (Lipinski definition) is 2. The van der Waals surface area contributed by atoms with Crippen LogP contribution in [0, 0.1) is 11.8 Å². The number of hydrogen-bond donors (Lipinski definition) is 2. The molecule has 3 heteroatoms. The van der Waals surface area contributed by atoms with Gasteiger partial charge in [-0.2, -0.15) is 0 Å². The molecule has 1 saturated carbocycles. The number of rotatable bonds is 4. The number of likely N-dealkylation sites (N-methyl/N-ethyl adjacent to an activating group) is 1. The summed E-state index contributed by atoms with van der Waals surface area (Å²) in [6.07, 6.45) is 1.31. The molecule has 3 atom stereocenters. The van der Waals surface area contributed by atoms with E-state index in [1.165, 1.54) is 6.42 Å². The van der Waals surface area contributed by atoms with Crippen molar-refractivity contribution in [3.63, 3.8) is 0 Å². The van der Waals surface area contributed by atoms with Crippen LogP contribution in [0.2, 0.25) is 0 Å². The van der Waals surface area contributed by atoms with Gasteiger partial charge in [-0.15, -0.1) is 0 Å². The van der Waals surface area contributed by atoms with E-state index in [1.54, 1.807) is 7.05 Å². The smallest absolute Gasteiger partial charge is 0.236 e. The zero-order chi connectivity index (χ0) is 9.14. The largest absolute Gasteiger partial charge is 0.358 e. The third-order valence-corrected chi connectivity index (χ3v) is 2.60. The molecule has 1 fully saturated rings. The van der Waals surface area contributed by atoms with Gasteiger partial charge >= 0.3 is 0 Å². The van der Waals surface area contributed by atoms with Gasteiger partial charge in [-0.05, 0) is 31.7 Å². The summed E-state index contributed by atoms with van der Waals surface area (Å²) in [6.45, 7) is 5.12. The van der Waals surface area contributed by atoms with E-state index < -0.39 is 0 Å². The summed E-state index contributed by atoms with van der Waals surface area (Å²) in [5, 5.41) is 5.83. The third-order valence-electron chi connectivity index (χ3n) is 2.60. The molecular formula is C9H18N2O. The van der Waals surface area contributed by atoms with E-state index in [0.29, 0.717) is 0 Å². The average molecular weight is 170 g/mol. The van der Waals surface area contributed by atoms with Gasteiger partial charge in [-0.3, -0.25) is 4.79 Å². The lowest BCUT2D eigenvalue weighted by Crippen LogP contribution is -2.41. The third kappa shape index (κ3) is 2.48. The van der Waals surface area contributed by atoms with Gasteiger partial charge in [0.25, 0.3) is 0 Å². The van der Waals surface area contributed by atoms with Crippen LogP contribution in [0.5, 0.6) is 0 Å². The maximum absolute atomic E-state index is 11.1. The fourth-order valence-corrected chi connectivity index (χ4v) is 1.32. The molecule has 2 N–H and O–H groups in total. The van der Waals surface area contributed by atoms with Crippen LogP contribution in [0.15, 0.2) is 0 Å². The maximum atomic E-state index is 11.1. The highest BCUT2D eigenvalue weighted by molar-refractivity contribution is 5.80. The van der Waals surface area contributed by atoms with Crippen LogP contribution >= 0.6 is 0 Å². The summed E-state index contributed by atoms with van der Waals surface area (Å²) in [4.78, 5) is 11.1.